The summed E-state index contributed by atoms with van der Waals surface area (Å²) in [6.07, 6.45) is -0.488. The van der Waals surface area contributed by atoms with Gasteiger partial charge in [-0.15, -0.1) is 0 Å². The number of halogens is 1. The van der Waals surface area contributed by atoms with Gasteiger partial charge in [-0.1, -0.05) is 6.07 Å². The van der Waals surface area contributed by atoms with Crippen LogP contribution in [0.1, 0.15) is 20.8 Å². The Morgan fingerprint density at radius 2 is 2.17 bits per heavy atom. The molecule has 2 rings (SSSR count). The minimum atomic E-state index is -0.580. The van der Waals surface area contributed by atoms with Gasteiger partial charge >= 0.3 is 6.09 Å². The molecule has 0 aliphatic carbocycles. The molecule has 0 saturated carbocycles. The van der Waals surface area contributed by atoms with Crippen LogP contribution in [-0.4, -0.2) is 24.8 Å². The average Bonchev–Trinajstić information content (AvgIpc) is 2.26. The first kappa shape index (κ1) is 12.7. The van der Waals surface area contributed by atoms with E-state index >= 15 is 0 Å². The second-order valence-corrected chi connectivity index (χ2v) is 5.07. The number of amides is 1. The predicted octanol–water partition coefficient (Wildman–Crippen LogP) is 2.96. The van der Waals surface area contributed by atoms with E-state index in [1.54, 1.807) is 32.9 Å². The van der Waals surface area contributed by atoms with Crippen molar-refractivity contribution in [2.45, 2.75) is 26.4 Å². The maximum Gasteiger partial charge on any atom is 0.415 e. The number of fused-ring (bicyclic) bond motifs is 1. The van der Waals surface area contributed by atoms with Crippen LogP contribution in [0.4, 0.5) is 14.9 Å². The first-order valence-corrected chi connectivity index (χ1v) is 5.80. The second-order valence-electron chi connectivity index (χ2n) is 5.07. The number of nitrogens with zero attached hydrogens (tertiary/aromatic N) is 1. The molecule has 1 aromatic carbocycles. The van der Waals surface area contributed by atoms with Gasteiger partial charge in [0.05, 0.1) is 12.2 Å². The van der Waals surface area contributed by atoms with Gasteiger partial charge in [-0.2, -0.15) is 0 Å². The molecule has 5 heteroatoms. The van der Waals surface area contributed by atoms with Crippen LogP contribution in [0.25, 0.3) is 0 Å². The minimum Gasteiger partial charge on any atom is -0.486 e. The van der Waals surface area contributed by atoms with Gasteiger partial charge in [0.2, 0.25) is 0 Å². The summed E-state index contributed by atoms with van der Waals surface area (Å²) in [5, 5.41) is 0. The van der Waals surface area contributed by atoms with E-state index in [-0.39, 0.29) is 12.4 Å². The summed E-state index contributed by atoms with van der Waals surface area (Å²) < 4.78 is 24.1. The quantitative estimate of drug-likeness (QED) is 0.713. The van der Waals surface area contributed by atoms with Crippen molar-refractivity contribution in [2.75, 3.05) is 18.1 Å². The van der Waals surface area contributed by atoms with E-state index in [1.165, 1.54) is 11.0 Å². The van der Waals surface area contributed by atoms with Crippen molar-refractivity contribution in [1.82, 2.24) is 0 Å². The van der Waals surface area contributed by atoms with Crippen LogP contribution in [-0.2, 0) is 4.74 Å². The van der Waals surface area contributed by atoms with Crippen LogP contribution in [0.5, 0.6) is 5.75 Å². The molecule has 1 amide bonds. The van der Waals surface area contributed by atoms with Gasteiger partial charge in [-0.05, 0) is 32.9 Å². The third-order valence-electron chi connectivity index (χ3n) is 2.41. The Kier molecular flexibility index (Phi) is 3.15. The zero-order valence-corrected chi connectivity index (χ0v) is 10.7. The normalized spacial score (nSPS) is 14.8. The highest BCUT2D eigenvalue weighted by molar-refractivity contribution is 5.90. The molecule has 1 aliphatic heterocycles. The summed E-state index contributed by atoms with van der Waals surface area (Å²) in [4.78, 5) is 13.4. The lowest BCUT2D eigenvalue weighted by molar-refractivity contribution is 0.0567. The zero-order valence-electron chi connectivity index (χ0n) is 10.7. The van der Waals surface area contributed by atoms with Crippen LogP contribution in [0, 0.1) is 5.82 Å². The summed E-state index contributed by atoms with van der Waals surface area (Å²) in [7, 11) is 0. The van der Waals surface area contributed by atoms with Crippen LogP contribution in [0.15, 0.2) is 18.2 Å². The van der Waals surface area contributed by atoms with Crippen LogP contribution < -0.4 is 9.64 Å². The Morgan fingerprint density at radius 1 is 1.44 bits per heavy atom. The molecule has 0 atom stereocenters. The van der Waals surface area contributed by atoms with Gasteiger partial charge in [0.25, 0.3) is 0 Å². The Labute approximate surface area is 105 Å². The largest absolute Gasteiger partial charge is 0.486 e. The molecule has 0 fully saturated rings. The van der Waals surface area contributed by atoms with Gasteiger partial charge in [-0.25, -0.2) is 9.18 Å². The van der Waals surface area contributed by atoms with Gasteiger partial charge in [0.1, 0.15) is 12.2 Å². The molecule has 18 heavy (non-hydrogen) atoms. The van der Waals surface area contributed by atoms with Gasteiger partial charge in [0.15, 0.2) is 11.6 Å². The highest BCUT2D eigenvalue weighted by Crippen LogP contribution is 2.34. The summed E-state index contributed by atoms with van der Waals surface area (Å²) in [5.41, 5.74) is -0.168. The van der Waals surface area contributed by atoms with Crippen molar-refractivity contribution in [3.8, 4) is 5.75 Å². The molecule has 0 N–H and O–H groups in total. The monoisotopic (exact) mass is 253 g/mol. The number of para-hydroxylation sites is 1. The molecule has 98 valence electrons. The molecule has 1 aliphatic rings. The molecule has 0 unspecified atom stereocenters. The number of carbonyl (C=O) groups is 1. The smallest absolute Gasteiger partial charge is 0.415 e. The molecule has 1 heterocycles. The summed E-state index contributed by atoms with van der Waals surface area (Å²) in [5.74, 6) is -0.365. The van der Waals surface area contributed by atoms with E-state index in [1.807, 2.05) is 0 Å². The van der Waals surface area contributed by atoms with Crippen molar-refractivity contribution in [2.24, 2.45) is 0 Å². The molecule has 1 aromatic rings. The maximum atomic E-state index is 13.5. The lowest BCUT2D eigenvalue weighted by Crippen LogP contribution is -2.41. The highest BCUT2D eigenvalue weighted by Gasteiger charge is 2.29. The van der Waals surface area contributed by atoms with Crippen LogP contribution >= 0.6 is 0 Å². The van der Waals surface area contributed by atoms with Gasteiger partial charge in [0, 0.05) is 0 Å². The molecule has 0 spiro atoms. The summed E-state index contributed by atoms with van der Waals surface area (Å²) >= 11 is 0. The Bertz CT molecular complexity index is 468. The van der Waals surface area contributed by atoms with E-state index in [0.717, 1.165) is 0 Å². The maximum absolute atomic E-state index is 13.5. The van der Waals surface area contributed by atoms with Gasteiger partial charge in [-0.3, -0.25) is 4.90 Å². The van der Waals surface area contributed by atoms with Crippen molar-refractivity contribution < 1.29 is 18.7 Å². The lowest BCUT2D eigenvalue weighted by atomic mass is 10.2. The Hall–Kier alpha value is -1.78. The van der Waals surface area contributed by atoms with E-state index in [9.17, 15) is 9.18 Å². The second kappa shape index (κ2) is 4.48. The fraction of sp³-hybridized carbons (Fsp3) is 0.462. The fourth-order valence-electron chi connectivity index (χ4n) is 1.72. The topological polar surface area (TPSA) is 38.8 Å². The van der Waals surface area contributed by atoms with Crippen LogP contribution in [0.3, 0.4) is 0 Å². The molecule has 4 nitrogen and oxygen atoms in total. The number of rotatable bonds is 0. The van der Waals surface area contributed by atoms with Crippen molar-refractivity contribution in [3.63, 3.8) is 0 Å². The molecule has 0 bridgehead atoms. The number of anilines is 1. The molecular formula is C13H16FNO3. The number of ether oxygens (including phenoxy) is 2. The number of benzene rings is 1. The van der Waals surface area contributed by atoms with Crippen molar-refractivity contribution in [3.05, 3.63) is 24.0 Å². The summed E-state index contributed by atoms with van der Waals surface area (Å²) in [6.45, 7) is 5.98. The third kappa shape index (κ3) is 2.55. The first-order chi connectivity index (χ1) is 8.38. The standard InChI is InChI=1S/C13H16FNO3/c1-13(2,3)18-12(16)15-7-8-17-11-9(14)5-4-6-10(11)15/h4-6H,7-8H2,1-3H3. The Balaban J connectivity index is 2.28. The van der Waals surface area contributed by atoms with E-state index in [0.29, 0.717) is 12.2 Å². The summed E-state index contributed by atoms with van der Waals surface area (Å²) in [6, 6.07) is 4.49. The molecular weight excluding hydrogens is 237 g/mol. The van der Waals surface area contributed by atoms with E-state index in [2.05, 4.69) is 0 Å². The predicted molar refractivity (Wildman–Crippen MR) is 65.5 cm³/mol. The minimum absolute atomic E-state index is 0.106. The molecule has 0 radical (unpaired) electrons. The van der Waals surface area contributed by atoms with Crippen molar-refractivity contribution >= 4 is 11.8 Å². The van der Waals surface area contributed by atoms with E-state index < -0.39 is 17.5 Å². The Morgan fingerprint density at radius 3 is 2.83 bits per heavy atom. The lowest BCUT2D eigenvalue weighted by Gasteiger charge is -2.31. The number of hydrogen-bond acceptors (Lipinski definition) is 3. The third-order valence-corrected chi connectivity index (χ3v) is 2.41. The first-order valence-electron chi connectivity index (χ1n) is 5.80. The number of carbonyl (C=O) groups excluding carboxylic acids is 1. The van der Waals surface area contributed by atoms with Crippen LogP contribution in [0.2, 0.25) is 0 Å². The zero-order chi connectivity index (χ0) is 13.3. The van der Waals surface area contributed by atoms with E-state index in [4.69, 9.17) is 9.47 Å². The number of hydrogen-bond donors (Lipinski definition) is 0. The molecule has 0 aromatic heterocycles. The van der Waals surface area contributed by atoms with Crippen molar-refractivity contribution in [1.29, 1.82) is 0 Å². The van der Waals surface area contributed by atoms with Gasteiger partial charge < -0.3 is 9.47 Å². The highest BCUT2D eigenvalue weighted by atomic mass is 19.1. The SMILES string of the molecule is CC(C)(C)OC(=O)N1CCOc2c(F)cccc21. The average molecular weight is 253 g/mol. The fourth-order valence-corrected chi connectivity index (χ4v) is 1.72. The molecule has 0 saturated heterocycles.